The van der Waals surface area contributed by atoms with Gasteiger partial charge < -0.3 is 26.8 Å². The van der Waals surface area contributed by atoms with Gasteiger partial charge >= 0.3 is 37.1 Å². The first-order valence-corrected chi connectivity index (χ1v) is 9.88. The molecular formula is C19H10F18N2O3. The Balaban J connectivity index is 3.49. The van der Waals surface area contributed by atoms with Crippen LogP contribution in [0.4, 0.5) is 90.4 Å². The Hall–Kier alpha value is -3.08. The second-order valence-corrected chi connectivity index (χ2v) is 8.49. The van der Waals surface area contributed by atoms with Crippen LogP contribution in [0.2, 0.25) is 0 Å². The van der Waals surface area contributed by atoms with Crippen LogP contribution in [-0.2, 0) is 16.8 Å². The summed E-state index contributed by atoms with van der Waals surface area (Å²) in [6, 6.07) is -2.58. The lowest BCUT2D eigenvalue weighted by atomic mass is 9.79. The highest BCUT2D eigenvalue weighted by atomic mass is 19.4. The molecule has 0 heterocycles. The van der Waals surface area contributed by atoms with Crippen LogP contribution >= 0.6 is 0 Å². The zero-order valence-corrected chi connectivity index (χ0v) is 19.0. The van der Waals surface area contributed by atoms with Crippen molar-refractivity contribution in [2.45, 2.75) is 53.9 Å². The second kappa shape index (κ2) is 9.21. The summed E-state index contributed by atoms with van der Waals surface area (Å²) >= 11 is 0. The molecule has 0 amide bonds. The van der Waals surface area contributed by atoms with E-state index in [2.05, 4.69) is 0 Å². The van der Waals surface area contributed by atoms with Crippen LogP contribution < -0.4 is 11.5 Å². The van der Waals surface area contributed by atoms with Crippen molar-refractivity contribution in [3.8, 4) is 0 Å². The zero-order valence-electron chi connectivity index (χ0n) is 19.0. The SMILES string of the molecule is Nc1cc2c(C(O)(C(F)(F)F)C(F)(F)F)c(N)c(C(O)(C(F)(F)F)C(F)(F)F)cc2cc1C(O)(C(F)(F)F)C(F)(F)F. The number of rotatable bonds is 3. The standard InChI is InChI=1S/C19H10F18N2O3/c20-14(21,22)11(40,15(23,24)25)6-1-4-2-7(12(41,16(26,27)28)17(29,30)31)10(39)9(5(4)3-8(6)38)13(42,18(32,33)34)19(35,36)37/h1-3,40-42H,38-39H2. The minimum Gasteiger partial charge on any atom is -0.398 e. The van der Waals surface area contributed by atoms with Gasteiger partial charge in [0.25, 0.3) is 16.8 Å². The summed E-state index contributed by atoms with van der Waals surface area (Å²) in [6.07, 6.45) is -42.5. The maximum absolute atomic E-state index is 13.7. The average molecular weight is 656 g/mol. The predicted molar refractivity (Wildman–Crippen MR) is 101 cm³/mol. The van der Waals surface area contributed by atoms with Crippen LogP contribution in [0.1, 0.15) is 16.7 Å². The van der Waals surface area contributed by atoms with Crippen LogP contribution in [0, 0.1) is 0 Å². The molecule has 2 rings (SSSR count). The highest BCUT2D eigenvalue weighted by Crippen LogP contribution is 2.59. The molecule has 23 heteroatoms. The third-order valence-electron chi connectivity index (χ3n) is 5.95. The molecular weight excluding hydrogens is 646 g/mol. The number of hydrogen-bond donors (Lipinski definition) is 5. The number of nitrogen functional groups attached to an aromatic ring is 2. The van der Waals surface area contributed by atoms with E-state index in [-0.39, 0.29) is 0 Å². The molecule has 0 atom stereocenters. The van der Waals surface area contributed by atoms with Crippen LogP contribution in [0.3, 0.4) is 0 Å². The van der Waals surface area contributed by atoms with Gasteiger partial charge in [-0.25, -0.2) is 0 Å². The van der Waals surface area contributed by atoms with Gasteiger partial charge in [0, 0.05) is 28.1 Å². The summed E-state index contributed by atoms with van der Waals surface area (Å²) in [5, 5.41) is 24.5. The summed E-state index contributed by atoms with van der Waals surface area (Å²) in [5.74, 6) is 0. The van der Waals surface area contributed by atoms with E-state index >= 15 is 0 Å². The lowest BCUT2D eigenvalue weighted by Gasteiger charge is -2.38. The Labute approximate surface area is 217 Å². The number of benzene rings is 2. The summed E-state index contributed by atoms with van der Waals surface area (Å²) in [7, 11) is 0. The summed E-state index contributed by atoms with van der Waals surface area (Å²) in [4.78, 5) is 0. The molecule has 0 unspecified atom stereocenters. The molecule has 0 fully saturated rings. The van der Waals surface area contributed by atoms with Crippen molar-refractivity contribution in [1.29, 1.82) is 0 Å². The molecule has 0 aliphatic carbocycles. The van der Waals surface area contributed by atoms with E-state index in [0.29, 0.717) is 0 Å². The fraction of sp³-hybridized carbons (Fsp3) is 0.474. The summed E-state index contributed by atoms with van der Waals surface area (Å²) in [5.41, 5.74) is -23.9. The van der Waals surface area contributed by atoms with Gasteiger partial charge in [0.1, 0.15) is 0 Å². The molecule has 0 radical (unpaired) electrons. The third kappa shape index (κ3) is 4.68. The molecule has 0 saturated carbocycles. The number of halogens is 18. The van der Waals surface area contributed by atoms with Crippen molar-refractivity contribution in [2.24, 2.45) is 0 Å². The molecule has 0 bridgehead atoms. The number of fused-ring (bicyclic) bond motifs is 1. The molecule has 42 heavy (non-hydrogen) atoms. The van der Waals surface area contributed by atoms with Gasteiger partial charge in [-0.15, -0.1) is 0 Å². The van der Waals surface area contributed by atoms with Gasteiger partial charge in [-0.05, 0) is 29.0 Å². The van der Waals surface area contributed by atoms with E-state index in [9.17, 15) is 94.3 Å². The van der Waals surface area contributed by atoms with Crippen molar-refractivity contribution < 1.29 is 94.3 Å². The minimum absolute atomic E-state index is 0.689. The third-order valence-corrected chi connectivity index (χ3v) is 5.95. The van der Waals surface area contributed by atoms with Crippen molar-refractivity contribution in [3.05, 3.63) is 34.9 Å². The van der Waals surface area contributed by atoms with Crippen LogP contribution in [0.5, 0.6) is 0 Å². The van der Waals surface area contributed by atoms with Crippen LogP contribution in [-0.4, -0.2) is 52.4 Å². The van der Waals surface area contributed by atoms with Crippen LogP contribution in [0.25, 0.3) is 10.8 Å². The molecule has 2 aromatic carbocycles. The smallest absolute Gasteiger partial charge is 0.398 e. The van der Waals surface area contributed by atoms with E-state index in [0.717, 1.165) is 0 Å². The van der Waals surface area contributed by atoms with Gasteiger partial charge in [0.2, 0.25) is 0 Å². The van der Waals surface area contributed by atoms with Gasteiger partial charge in [0.05, 0.1) is 0 Å². The fourth-order valence-electron chi connectivity index (χ4n) is 3.86. The van der Waals surface area contributed by atoms with Gasteiger partial charge in [0.15, 0.2) is 0 Å². The van der Waals surface area contributed by atoms with Crippen LogP contribution in [0.15, 0.2) is 18.2 Å². The van der Waals surface area contributed by atoms with Gasteiger partial charge in [-0.1, -0.05) is 0 Å². The summed E-state index contributed by atoms with van der Waals surface area (Å²) in [6.45, 7) is 0. The lowest BCUT2D eigenvalue weighted by molar-refractivity contribution is -0.377. The van der Waals surface area contributed by atoms with E-state index in [1.807, 2.05) is 0 Å². The maximum atomic E-state index is 13.7. The zero-order chi connectivity index (χ0) is 33.7. The predicted octanol–water partition coefficient (Wildman–Crippen LogP) is 5.94. The van der Waals surface area contributed by atoms with Crippen molar-refractivity contribution in [2.75, 3.05) is 11.5 Å². The van der Waals surface area contributed by atoms with E-state index in [1.165, 1.54) is 0 Å². The largest absolute Gasteiger partial charge is 0.430 e. The maximum Gasteiger partial charge on any atom is 0.430 e. The molecule has 7 N–H and O–H groups in total. The normalized spacial score (nSPS) is 15.5. The number of hydrogen-bond acceptors (Lipinski definition) is 5. The molecule has 0 aliphatic rings. The molecule has 0 aromatic heterocycles. The summed E-state index contributed by atoms with van der Waals surface area (Å²) < 4.78 is 243. The number of anilines is 2. The van der Waals surface area contributed by atoms with E-state index in [1.54, 1.807) is 0 Å². The Morgan fingerprint density at radius 1 is 0.429 bits per heavy atom. The first-order valence-electron chi connectivity index (χ1n) is 9.88. The molecule has 2 aromatic rings. The average Bonchev–Trinajstić information content (AvgIpc) is 2.72. The Bertz CT molecular complexity index is 1320. The number of nitrogens with two attached hydrogens (primary N) is 2. The molecule has 0 saturated heterocycles. The first-order chi connectivity index (χ1) is 18.1. The first kappa shape index (κ1) is 35.1. The quantitative estimate of drug-likeness (QED) is 0.208. The Kier molecular flexibility index (Phi) is 7.70. The molecule has 5 nitrogen and oxygen atoms in total. The van der Waals surface area contributed by atoms with Gasteiger partial charge in [-0.2, -0.15) is 79.0 Å². The highest BCUT2D eigenvalue weighted by Gasteiger charge is 2.76. The highest BCUT2D eigenvalue weighted by molar-refractivity contribution is 5.96. The van der Waals surface area contributed by atoms with Gasteiger partial charge in [-0.3, -0.25) is 0 Å². The monoisotopic (exact) mass is 656 g/mol. The van der Waals surface area contributed by atoms with Crippen molar-refractivity contribution in [3.63, 3.8) is 0 Å². The van der Waals surface area contributed by atoms with E-state index in [4.69, 9.17) is 11.5 Å². The Morgan fingerprint density at radius 3 is 1.02 bits per heavy atom. The minimum atomic E-state index is -7.19. The topological polar surface area (TPSA) is 113 Å². The number of alkyl halides is 18. The fourth-order valence-corrected chi connectivity index (χ4v) is 3.86. The molecule has 0 aliphatic heterocycles. The second-order valence-electron chi connectivity index (χ2n) is 8.49. The Morgan fingerprint density at radius 2 is 0.714 bits per heavy atom. The lowest BCUT2D eigenvalue weighted by Crippen LogP contribution is -2.56. The van der Waals surface area contributed by atoms with Crippen molar-refractivity contribution in [1.82, 2.24) is 0 Å². The molecule has 0 spiro atoms. The number of aliphatic hydroxyl groups is 3. The van der Waals surface area contributed by atoms with E-state index < -0.39 is 111 Å². The van der Waals surface area contributed by atoms with Crippen molar-refractivity contribution >= 4 is 22.1 Å². The molecule has 240 valence electrons.